The van der Waals surface area contributed by atoms with Crippen molar-refractivity contribution in [1.29, 1.82) is 0 Å². The van der Waals surface area contributed by atoms with Gasteiger partial charge in [-0.25, -0.2) is 9.36 Å². The number of H-pyrrole nitrogens is 1. The Morgan fingerprint density at radius 2 is 1.96 bits per heavy atom. The van der Waals surface area contributed by atoms with Gasteiger partial charge in [-0.05, 0) is 42.7 Å². The summed E-state index contributed by atoms with van der Waals surface area (Å²) in [6, 6.07) is 9.15. The number of aromatic amines is 1. The molecule has 0 saturated heterocycles. The van der Waals surface area contributed by atoms with Crippen molar-refractivity contribution >= 4 is 34.3 Å². The second kappa shape index (κ2) is 8.01. The summed E-state index contributed by atoms with van der Waals surface area (Å²) in [6.45, 7) is 0. The number of pyridine rings is 1. The highest BCUT2D eigenvalue weighted by molar-refractivity contribution is 7.98. The lowest BCUT2D eigenvalue weighted by atomic mass is 10.1. The number of fused-ring (bicyclic) bond motifs is 1. The normalized spacial score (nSPS) is 12.0. The maximum Gasteiger partial charge on any atom is 0.329 e. The maximum atomic E-state index is 12.9. The number of hydrogen-bond donors (Lipinski definition) is 2. The fourth-order valence-corrected chi connectivity index (χ4v) is 3.19. The predicted octanol–water partition coefficient (Wildman–Crippen LogP) is 2.02. The highest BCUT2D eigenvalue weighted by Crippen LogP contribution is 2.16. The van der Waals surface area contributed by atoms with Gasteiger partial charge in [0.05, 0.1) is 10.9 Å². The number of benzene rings is 1. The third kappa shape index (κ3) is 3.70. The van der Waals surface area contributed by atoms with Crippen molar-refractivity contribution in [3.8, 4) is 0 Å². The minimum atomic E-state index is -0.906. The summed E-state index contributed by atoms with van der Waals surface area (Å²) in [4.78, 5) is 44.8. The fraction of sp³-hybridized carbons (Fsp3) is 0.222. The van der Waals surface area contributed by atoms with Crippen LogP contribution < -0.4 is 16.6 Å². The lowest BCUT2D eigenvalue weighted by molar-refractivity contribution is -0.119. The van der Waals surface area contributed by atoms with Crippen molar-refractivity contribution in [1.82, 2.24) is 14.5 Å². The van der Waals surface area contributed by atoms with Gasteiger partial charge in [-0.2, -0.15) is 11.8 Å². The van der Waals surface area contributed by atoms with Crippen molar-refractivity contribution in [3.05, 3.63) is 69.6 Å². The summed E-state index contributed by atoms with van der Waals surface area (Å²) in [7, 11) is 0. The minimum Gasteiger partial charge on any atom is -0.324 e. The van der Waals surface area contributed by atoms with Gasteiger partial charge in [0, 0.05) is 18.1 Å². The van der Waals surface area contributed by atoms with Crippen LogP contribution in [0.15, 0.2) is 58.4 Å². The van der Waals surface area contributed by atoms with E-state index < -0.39 is 23.2 Å². The first-order valence-corrected chi connectivity index (χ1v) is 9.44. The number of nitrogens with zero attached hydrogens (tertiary/aromatic N) is 2. The van der Waals surface area contributed by atoms with E-state index in [2.05, 4.69) is 15.3 Å². The van der Waals surface area contributed by atoms with Crippen molar-refractivity contribution in [2.24, 2.45) is 0 Å². The van der Waals surface area contributed by atoms with Crippen LogP contribution in [-0.2, 0) is 4.79 Å². The van der Waals surface area contributed by atoms with Crippen LogP contribution in [0.1, 0.15) is 12.5 Å². The highest BCUT2D eigenvalue weighted by atomic mass is 32.2. The van der Waals surface area contributed by atoms with Crippen LogP contribution >= 0.6 is 11.8 Å². The lowest BCUT2D eigenvalue weighted by Crippen LogP contribution is -2.43. The standard InChI is InChI=1S/C18H18N4O3S/c1-26-11-8-15(16(23)20-12-6-9-19-10-7-12)22-17(24)13-4-2-3-5-14(13)21-18(22)25/h2-7,9-10,15H,8,11H2,1H3,(H,21,25)(H,19,20,23)/t15-/m0/s1. The molecule has 2 heterocycles. The van der Waals surface area contributed by atoms with E-state index in [0.717, 1.165) is 4.57 Å². The topological polar surface area (TPSA) is 96.8 Å². The largest absolute Gasteiger partial charge is 0.329 e. The van der Waals surface area contributed by atoms with E-state index in [-0.39, 0.29) is 0 Å². The molecule has 8 heteroatoms. The Balaban J connectivity index is 2.05. The molecule has 0 aliphatic heterocycles. The number of anilines is 1. The van der Waals surface area contributed by atoms with Gasteiger partial charge in [-0.1, -0.05) is 12.1 Å². The number of thioether (sulfide) groups is 1. The Morgan fingerprint density at radius 1 is 1.23 bits per heavy atom. The molecular formula is C18H18N4O3S. The third-order valence-corrected chi connectivity index (χ3v) is 4.64. The Hall–Kier alpha value is -2.87. The molecule has 1 aromatic carbocycles. The molecule has 26 heavy (non-hydrogen) atoms. The summed E-state index contributed by atoms with van der Waals surface area (Å²) in [5.41, 5.74) is -0.0497. The Bertz CT molecular complexity index is 1030. The SMILES string of the molecule is CSCC[C@@H](C(=O)Nc1ccncc1)n1c(=O)[nH]c2ccccc2c1=O. The molecule has 3 aromatic rings. The van der Waals surface area contributed by atoms with E-state index in [1.807, 2.05) is 6.26 Å². The van der Waals surface area contributed by atoms with Gasteiger partial charge < -0.3 is 10.3 Å². The molecule has 1 amide bonds. The molecule has 3 rings (SSSR count). The summed E-state index contributed by atoms with van der Waals surface area (Å²) < 4.78 is 1.01. The van der Waals surface area contributed by atoms with Gasteiger partial charge in [-0.15, -0.1) is 0 Å². The zero-order valence-corrected chi connectivity index (χ0v) is 15.0. The molecule has 2 aromatic heterocycles. The first-order chi connectivity index (χ1) is 12.6. The molecule has 134 valence electrons. The number of para-hydroxylation sites is 1. The molecule has 0 aliphatic carbocycles. The quantitative estimate of drug-likeness (QED) is 0.692. The van der Waals surface area contributed by atoms with Crippen LogP contribution in [0.5, 0.6) is 0 Å². The monoisotopic (exact) mass is 370 g/mol. The van der Waals surface area contributed by atoms with E-state index in [1.54, 1.807) is 60.6 Å². The Morgan fingerprint density at radius 3 is 2.69 bits per heavy atom. The molecule has 0 aliphatic rings. The van der Waals surface area contributed by atoms with Crippen molar-refractivity contribution in [3.63, 3.8) is 0 Å². The average Bonchev–Trinajstić information content (AvgIpc) is 2.65. The smallest absolute Gasteiger partial charge is 0.324 e. The summed E-state index contributed by atoms with van der Waals surface area (Å²) in [6.07, 6.45) is 5.38. The summed E-state index contributed by atoms with van der Waals surface area (Å²) in [5, 5.41) is 3.12. The second-order valence-corrected chi connectivity index (χ2v) is 6.66. The average molecular weight is 370 g/mol. The number of carbonyl (C=O) groups is 1. The molecule has 0 bridgehead atoms. The molecular weight excluding hydrogens is 352 g/mol. The van der Waals surface area contributed by atoms with Gasteiger partial charge in [0.15, 0.2) is 0 Å². The second-order valence-electron chi connectivity index (χ2n) is 5.67. The van der Waals surface area contributed by atoms with E-state index >= 15 is 0 Å². The lowest BCUT2D eigenvalue weighted by Gasteiger charge is -2.18. The van der Waals surface area contributed by atoms with Crippen LogP contribution in [0.2, 0.25) is 0 Å². The van der Waals surface area contributed by atoms with Gasteiger partial charge in [-0.3, -0.25) is 14.6 Å². The van der Waals surface area contributed by atoms with Gasteiger partial charge in [0.2, 0.25) is 5.91 Å². The van der Waals surface area contributed by atoms with Crippen LogP contribution in [0.4, 0.5) is 5.69 Å². The van der Waals surface area contributed by atoms with Crippen LogP contribution in [0.3, 0.4) is 0 Å². The number of aromatic nitrogens is 3. The van der Waals surface area contributed by atoms with Crippen LogP contribution in [0, 0.1) is 0 Å². The van der Waals surface area contributed by atoms with E-state index in [1.165, 1.54) is 0 Å². The molecule has 0 spiro atoms. The minimum absolute atomic E-state index is 0.361. The van der Waals surface area contributed by atoms with E-state index in [4.69, 9.17) is 0 Å². The van der Waals surface area contributed by atoms with Gasteiger partial charge in [0.25, 0.3) is 5.56 Å². The van der Waals surface area contributed by atoms with Crippen molar-refractivity contribution < 1.29 is 4.79 Å². The Kier molecular flexibility index (Phi) is 5.52. The molecule has 0 unspecified atom stereocenters. The zero-order valence-electron chi connectivity index (χ0n) is 14.1. The van der Waals surface area contributed by atoms with Gasteiger partial charge in [0.1, 0.15) is 6.04 Å². The highest BCUT2D eigenvalue weighted by Gasteiger charge is 2.24. The molecule has 2 N–H and O–H groups in total. The third-order valence-electron chi connectivity index (χ3n) is 3.99. The van der Waals surface area contributed by atoms with E-state index in [0.29, 0.717) is 28.8 Å². The fourth-order valence-electron chi connectivity index (χ4n) is 2.73. The van der Waals surface area contributed by atoms with Crippen LogP contribution in [-0.4, -0.2) is 32.5 Å². The number of rotatable bonds is 6. The zero-order chi connectivity index (χ0) is 18.5. The number of carbonyl (C=O) groups excluding carboxylic acids is 1. The van der Waals surface area contributed by atoms with Crippen molar-refractivity contribution in [2.75, 3.05) is 17.3 Å². The molecule has 0 fully saturated rings. The number of amides is 1. The first-order valence-electron chi connectivity index (χ1n) is 8.05. The van der Waals surface area contributed by atoms with E-state index in [9.17, 15) is 14.4 Å². The van der Waals surface area contributed by atoms with Crippen LogP contribution in [0.25, 0.3) is 10.9 Å². The Labute approximate surface area is 153 Å². The summed E-state index contributed by atoms with van der Waals surface area (Å²) >= 11 is 1.55. The predicted molar refractivity (Wildman–Crippen MR) is 104 cm³/mol. The first kappa shape index (κ1) is 17.9. The molecule has 0 radical (unpaired) electrons. The maximum absolute atomic E-state index is 12.9. The number of hydrogen-bond acceptors (Lipinski definition) is 5. The van der Waals surface area contributed by atoms with Gasteiger partial charge >= 0.3 is 5.69 Å². The van der Waals surface area contributed by atoms with Crippen molar-refractivity contribution in [2.45, 2.75) is 12.5 Å². The summed E-state index contributed by atoms with van der Waals surface area (Å²) in [5.74, 6) is 0.223. The molecule has 0 saturated carbocycles. The number of nitrogens with one attached hydrogen (secondary N) is 2. The molecule has 7 nitrogen and oxygen atoms in total. The molecule has 1 atom stereocenters.